The van der Waals surface area contributed by atoms with E-state index in [9.17, 15) is 9.59 Å². The average Bonchev–Trinajstić information content (AvgIpc) is 2.84. The summed E-state index contributed by atoms with van der Waals surface area (Å²) in [6.07, 6.45) is 1.64. The van der Waals surface area contributed by atoms with Gasteiger partial charge in [-0.15, -0.1) is 0 Å². The molecule has 0 heterocycles. The van der Waals surface area contributed by atoms with Crippen LogP contribution in [0.1, 0.15) is 21.5 Å². The molecule has 0 unspecified atom stereocenters. The van der Waals surface area contributed by atoms with Gasteiger partial charge in [-0.05, 0) is 61.0 Å². The quantitative estimate of drug-likeness (QED) is 0.485. The lowest BCUT2D eigenvalue weighted by atomic mass is 10.1. The second-order valence-corrected chi connectivity index (χ2v) is 7.89. The second kappa shape index (κ2) is 11.0. The van der Waals surface area contributed by atoms with E-state index >= 15 is 0 Å². The number of nitrogens with one attached hydrogen (secondary N) is 2. The summed E-state index contributed by atoms with van der Waals surface area (Å²) in [5, 5.41) is 5.58. The Morgan fingerprint density at radius 1 is 0.853 bits per heavy atom. The molecule has 34 heavy (non-hydrogen) atoms. The molecule has 0 aliphatic carbocycles. The van der Waals surface area contributed by atoms with Crippen molar-refractivity contribution in [2.24, 2.45) is 0 Å². The third kappa shape index (κ3) is 6.16. The Kier molecular flexibility index (Phi) is 7.92. The fraction of sp³-hybridized carbons (Fsp3) is 0.185. The van der Waals surface area contributed by atoms with Crippen LogP contribution in [0.3, 0.4) is 0 Å². The molecular formula is C27H29N3O4. The minimum Gasteiger partial charge on any atom is -0.493 e. The van der Waals surface area contributed by atoms with Gasteiger partial charge in [-0.1, -0.05) is 29.8 Å². The minimum absolute atomic E-state index is 0.109. The van der Waals surface area contributed by atoms with Crippen molar-refractivity contribution in [1.29, 1.82) is 0 Å². The zero-order valence-corrected chi connectivity index (χ0v) is 20.0. The van der Waals surface area contributed by atoms with Crippen molar-refractivity contribution in [3.05, 3.63) is 89.1 Å². The highest BCUT2D eigenvalue weighted by atomic mass is 16.5. The molecule has 0 spiro atoms. The van der Waals surface area contributed by atoms with Gasteiger partial charge in [0, 0.05) is 31.0 Å². The van der Waals surface area contributed by atoms with Crippen molar-refractivity contribution in [1.82, 2.24) is 5.32 Å². The Bertz CT molecular complexity index is 1180. The van der Waals surface area contributed by atoms with Crippen molar-refractivity contribution in [3.63, 3.8) is 0 Å². The molecule has 0 aliphatic rings. The summed E-state index contributed by atoms with van der Waals surface area (Å²) in [6.45, 7) is 1.97. The number of amides is 2. The Balaban J connectivity index is 1.91. The molecule has 7 nitrogen and oxygen atoms in total. The van der Waals surface area contributed by atoms with Gasteiger partial charge in [-0.25, -0.2) is 0 Å². The van der Waals surface area contributed by atoms with Crippen LogP contribution in [-0.4, -0.2) is 40.1 Å². The van der Waals surface area contributed by atoms with Crippen LogP contribution in [0.15, 0.2) is 72.4 Å². The van der Waals surface area contributed by atoms with Crippen molar-refractivity contribution in [2.45, 2.75) is 6.92 Å². The van der Waals surface area contributed by atoms with Gasteiger partial charge in [0.05, 0.1) is 14.2 Å². The van der Waals surface area contributed by atoms with Gasteiger partial charge in [0.2, 0.25) is 0 Å². The molecule has 0 aliphatic heterocycles. The molecule has 2 amide bonds. The lowest BCUT2D eigenvalue weighted by Crippen LogP contribution is -2.30. The van der Waals surface area contributed by atoms with Crippen molar-refractivity contribution >= 4 is 29.3 Å². The van der Waals surface area contributed by atoms with Crippen molar-refractivity contribution < 1.29 is 19.1 Å². The molecule has 0 bridgehead atoms. The number of methoxy groups -OCH3 is 2. The molecule has 0 radical (unpaired) electrons. The van der Waals surface area contributed by atoms with Crippen LogP contribution in [0.25, 0.3) is 6.08 Å². The molecule has 0 fully saturated rings. The van der Waals surface area contributed by atoms with E-state index in [0.29, 0.717) is 22.7 Å². The van der Waals surface area contributed by atoms with Gasteiger partial charge in [-0.2, -0.15) is 0 Å². The zero-order chi connectivity index (χ0) is 24.7. The smallest absolute Gasteiger partial charge is 0.272 e. The summed E-state index contributed by atoms with van der Waals surface area (Å²) in [6, 6.07) is 19.9. The fourth-order valence-electron chi connectivity index (χ4n) is 3.20. The highest BCUT2D eigenvalue weighted by molar-refractivity contribution is 6.10. The number of carbonyl (C=O) groups is 2. The van der Waals surface area contributed by atoms with Gasteiger partial charge in [0.15, 0.2) is 11.5 Å². The number of aryl methyl sites for hydroxylation is 1. The number of nitrogens with zero attached hydrogens (tertiary/aromatic N) is 1. The number of ether oxygens (including phenoxy) is 2. The standard InChI is InChI=1S/C27H29N3O4/c1-18-6-11-21(12-7-18)28-27(32)23(16-19-8-13-22(14-9-19)30(2)3)29-26(31)20-10-15-24(33-4)25(17-20)34-5/h6-17H,1-5H3,(H,28,32)(H,29,31)/b23-16+. The molecule has 3 aromatic carbocycles. The van der Waals surface area contributed by atoms with E-state index in [-0.39, 0.29) is 5.70 Å². The van der Waals surface area contributed by atoms with Gasteiger partial charge in [-0.3, -0.25) is 9.59 Å². The van der Waals surface area contributed by atoms with E-state index in [1.54, 1.807) is 24.3 Å². The molecule has 0 aromatic heterocycles. The highest BCUT2D eigenvalue weighted by Gasteiger charge is 2.17. The van der Waals surface area contributed by atoms with Gasteiger partial charge in [0.25, 0.3) is 11.8 Å². The number of benzene rings is 3. The van der Waals surface area contributed by atoms with Gasteiger partial charge < -0.3 is 25.0 Å². The topological polar surface area (TPSA) is 79.9 Å². The van der Waals surface area contributed by atoms with E-state index in [1.165, 1.54) is 14.2 Å². The zero-order valence-electron chi connectivity index (χ0n) is 20.0. The van der Waals surface area contributed by atoms with Crippen LogP contribution in [-0.2, 0) is 4.79 Å². The maximum Gasteiger partial charge on any atom is 0.272 e. The summed E-state index contributed by atoms with van der Waals surface area (Å²) < 4.78 is 10.5. The summed E-state index contributed by atoms with van der Waals surface area (Å²) in [5.41, 5.74) is 3.94. The predicted octanol–water partition coefficient (Wildman–Crippen LogP) is 4.49. The molecule has 3 rings (SSSR count). The van der Waals surface area contributed by atoms with E-state index < -0.39 is 11.8 Å². The Hall–Kier alpha value is -4.26. The number of rotatable bonds is 8. The first-order valence-corrected chi connectivity index (χ1v) is 10.7. The monoisotopic (exact) mass is 459 g/mol. The van der Waals surface area contributed by atoms with Crippen molar-refractivity contribution in [3.8, 4) is 11.5 Å². The Labute approximate surface area is 200 Å². The summed E-state index contributed by atoms with van der Waals surface area (Å²) in [5.74, 6) is 0.0440. The molecule has 3 aromatic rings. The van der Waals surface area contributed by atoms with Gasteiger partial charge in [0.1, 0.15) is 5.70 Å². The van der Waals surface area contributed by atoms with Crippen LogP contribution >= 0.6 is 0 Å². The number of hydrogen-bond donors (Lipinski definition) is 2. The third-order valence-electron chi connectivity index (χ3n) is 5.17. The van der Waals surface area contributed by atoms with Crippen LogP contribution in [0.4, 0.5) is 11.4 Å². The Morgan fingerprint density at radius 3 is 2.09 bits per heavy atom. The van der Waals surface area contributed by atoms with Crippen LogP contribution in [0.5, 0.6) is 11.5 Å². The second-order valence-electron chi connectivity index (χ2n) is 7.89. The predicted molar refractivity (Wildman–Crippen MR) is 136 cm³/mol. The molecule has 0 saturated heterocycles. The fourth-order valence-corrected chi connectivity index (χ4v) is 3.20. The molecule has 2 N–H and O–H groups in total. The lowest BCUT2D eigenvalue weighted by molar-refractivity contribution is -0.113. The molecule has 0 saturated carbocycles. The number of anilines is 2. The lowest BCUT2D eigenvalue weighted by Gasteiger charge is -2.14. The normalized spacial score (nSPS) is 10.9. The largest absolute Gasteiger partial charge is 0.493 e. The molecular weight excluding hydrogens is 430 g/mol. The maximum absolute atomic E-state index is 13.1. The Morgan fingerprint density at radius 2 is 1.50 bits per heavy atom. The first-order valence-electron chi connectivity index (χ1n) is 10.7. The third-order valence-corrected chi connectivity index (χ3v) is 5.17. The van der Waals surface area contributed by atoms with Crippen molar-refractivity contribution in [2.75, 3.05) is 38.5 Å². The molecule has 0 atom stereocenters. The summed E-state index contributed by atoms with van der Waals surface area (Å²) in [4.78, 5) is 28.1. The van der Waals surface area contributed by atoms with Crippen LogP contribution in [0, 0.1) is 6.92 Å². The first-order chi connectivity index (χ1) is 16.3. The first kappa shape index (κ1) is 24.4. The number of carbonyl (C=O) groups excluding carboxylic acids is 2. The van der Waals surface area contributed by atoms with Crippen LogP contribution < -0.4 is 25.0 Å². The van der Waals surface area contributed by atoms with Gasteiger partial charge >= 0.3 is 0 Å². The summed E-state index contributed by atoms with van der Waals surface area (Å²) in [7, 11) is 6.93. The van der Waals surface area contributed by atoms with Crippen LogP contribution in [0.2, 0.25) is 0 Å². The molecule has 7 heteroatoms. The van der Waals surface area contributed by atoms with E-state index in [1.807, 2.05) is 74.4 Å². The maximum atomic E-state index is 13.1. The van der Waals surface area contributed by atoms with E-state index in [0.717, 1.165) is 16.8 Å². The highest BCUT2D eigenvalue weighted by Crippen LogP contribution is 2.27. The average molecular weight is 460 g/mol. The minimum atomic E-state index is -0.448. The SMILES string of the molecule is COc1ccc(C(=O)N/C(=C/c2ccc(N(C)C)cc2)C(=O)Nc2ccc(C)cc2)cc1OC. The molecule has 176 valence electrons. The number of hydrogen-bond acceptors (Lipinski definition) is 5. The summed E-state index contributed by atoms with van der Waals surface area (Å²) >= 11 is 0. The van der Waals surface area contributed by atoms with E-state index in [4.69, 9.17) is 9.47 Å². The van der Waals surface area contributed by atoms with E-state index in [2.05, 4.69) is 10.6 Å².